The molecule has 0 saturated heterocycles. The minimum atomic E-state index is -0.939. The van der Waals surface area contributed by atoms with E-state index < -0.39 is 17.8 Å². The van der Waals surface area contributed by atoms with Gasteiger partial charge in [0.2, 0.25) is 0 Å². The second-order valence-electron chi connectivity index (χ2n) is 4.42. The lowest BCUT2D eigenvalue weighted by Crippen LogP contribution is -2.32. The molecule has 1 rings (SSSR count). The summed E-state index contributed by atoms with van der Waals surface area (Å²) in [5.41, 5.74) is 0.0893. The summed E-state index contributed by atoms with van der Waals surface area (Å²) in [6.07, 6.45) is 1.21. The van der Waals surface area contributed by atoms with Gasteiger partial charge in [0.15, 0.2) is 0 Å². The van der Waals surface area contributed by atoms with Crippen molar-refractivity contribution >= 4 is 11.9 Å². The quantitative estimate of drug-likeness (QED) is 0.706. The molecule has 1 aromatic carbocycles. The highest BCUT2D eigenvalue weighted by molar-refractivity contribution is 5.97. The summed E-state index contributed by atoms with van der Waals surface area (Å²) in [6.45, 7) is 1.92. The van der Waals surface area contributed by atoms with Crippen LogP contribution in [0.5, 0.6) is 11.5 Å². The van der Waals surface area contributed by atoms with Crippen LogP contribution in [0.1, 0.15) is 30.1 Å². The first-order valence-electron chi connectivity index (χ1n) is 6.37. The molecule has 3 N–H and O–H groups in total. The second kappa shape index (κ2) is 7.37. The maximum atomic E-state index is 11.9. The SMILES string of the molecule is CCCC(CNC(=O)c1ccc(OC)cc1O)C(=O)O. The first-order chi connectivity index (χ1) is 9.49. The summed E-state index contributed by atoms with van der Waals surface area (Å²) in [4.78, 5) is 22.9. The number of carboxylic acids is 1. The molecule has 0 aliphatic heterocycles. The molecule has 0 heterocycles. The summed E-state index contributed by atoms with van der Waals surface area (Å²) >= 11 is 0. The minimum absolute atomic E-state index is 0.0352. The van der Waals surface area contributed by atoms with E-state index in [-0.39, 0.29) is 17.9 Å². The van der Waals surface area contributed by atoms with Gasteiger partial charge in [0.1, 0.15) is 11.5 Å². The van der Waals surface area contributed by atoms with Crippen molar-refractivity contribution in [3.05, 3.63) is 23.8 Å². The number of hydrogen-bond acceptors (Lipinski definition) is 4. The third-order valence-electron chi connectivity index (χ3n) is 2.94. The lowest BCUT2D eigenvalue weighted by Gasteiger charge is -2.13. The lowest BCUT2D eigenvalue weighted by molar-refractivity contribution is -0.141. The van der Waals surface area contributed by atoms with Crippen molar-refractivity contribution in [1.82, 2.24) is 5.32 Å². The summed E-state index contributed by atoms with van der Waals surface area (Å²) in [6, 6.07) is 4.31. The van der Waals surface area contributed by atoms with Gasteiger partial charge < -0.3 is 20.3 Å². The van der Waals surface area contributed by atoms with Crippen molar-refractivity contribution in [2.75, 3.05) is 13.7 Å². The van der Waals surface area contributed by atoms with Gasteiger partial charge in [-0.1, -0.05) is 13.3 Å². The Morgan fingerprint density at radius 2 is 2.10 bits per heavy atom. The molecule has 0 saturated carbocycles. The topological polar surface area (TPSA) is 95.9 Å². The van der Waals surface area contributed by atoms with E-state index in [4.69, 9.17) is 9.84 Å². The fourth-order valence-corrected chi connectivity index (χ4v) is 1.80. The molecule has 110 valence electrons. The third-order valence-corrected chi connectivity index (χ3v) is 2.94. The van der Waals surface area contributed by atoms with Crippen LogP contribution in [0.25, 0.3) is 0 Å². The smallest absolute Gasteiger partial charge is 0.308 e. The molecule has 1 aromatic rings. The van der Waals surface area contributed by atoms with Gasteiger partial charge in [-0.05, 0) is 18.6 Å². The molecule has 6 heteroatoms. The number of aliphatic carboxylic acids is 1. The molecule has 1 unspecified atom stereocenters. The maximum Gasteiger partial charge on any atom is 0.308 e. The standard InChI is InChI=1S/C14H19NO5/c1-3-4-9(14(18)19)8-15-13(17)11-6-5-10(20-2)7-12(11)16/h5-7,9,16H,3-4,8H2,1-2H3,(H,15,17)(H,18,19). The number of methoxy groups -OCH3 is 1. The Labute approximate surface area is 117 Å². The minimum Gasteiger partial charge on any atom is -0.507 e. The molecular weight excluding hydrogens is 262 g/mol. The van der Waals surface area contributed by atoms with Gasteiger partial charge in [-0.3, -0.25) is 9.59 Å². The number of carbonyl (C=O) groups excluding carboxylic acids is 1. The van der Waals surface area contributed by atoms with E-state index in [2.05, 4.69) is 5.32 Å². The number of phenolic OH excluding ortho intramolecular Hbond substituents is 1. The first kappa shape index (κ1) is 15.8. The van der Waals surface area contributed by atoms with Crippen molar-refractivity contribution in [3.8, 4) is 11.5 Å². The van der Waals surface area contributed by atoms with E-state index in [1.54, 1.807) is 6.07 Å². The molecule has 0 aromatic heterocycles. The molecule has 0 fully saturated rings. The van der Waals surface area contributed by atoms with Crippen molar-refractivity contribution in [1.29, 1.82) is 0 Å². The molecule has 0 radical (unpaired) electrons. The van der Waals surface area contributed by atoms with Crippen molar-refractivity contribution in [2.45, 2.75) is 19.8 Å². The normalized spacial score (nSPS) is 11.7. The van der Waals surface area contributed by atoms with E-state index in [0.29, 0.717) is 12.2 Å². The Kier molecular flexibility index (Phi) is 5.83. The van der Waals surface area contributed by atoms with Gasteiger partial charge in [-0.15, -0.1) is 0 Å². The van der Waals surface area contributed by atoms with Crippen LogP contribution in [-0.4, -0.2) is 35.7 Å². The highest BCUT2D eigenvalue weighted by Gasteiger charge is 2.19. The number of ether oxygens (including phenoxy) is 1. The fourth-order valence-electron chi connectivity index (χ4n) is 1.80. The Morgan fingerprint density at radius 3 is 2.60 bits per heavy atom. The Hall–Kier alpha value is -2.24. The first-order valence-corrected chi connectivity index (χ1v) is 6.37. The molecule has 1 atom stereocenters. The maximum absolute atomic E-state index is 11.9. The van der Waals surface area contributed by atoms with Gasteiger partial charge in [-0.2, -0.15) is 0 Å². The fraction of sp³-hybridized carbons (Fsp3) is 0.429. The molecular formula is C14H19NO5. The van der Waals surface area contributed by atoms with Crippen LogP contribution < -0.4 is 10.1 Å². The van der Waals surface area contributed by atoms with Crippen LogP contribution in [-0.2, 0) is 4.79 Å². The summed E-state index contributed by atoms with van der Waals surface area (Å²) < 4.78 is 4.92. The summed E-state index contributed by atoms with van der Waals surface area (Å²) in [5, 5.41) is 21.2. The van der Waals surface area contributed by atoms with Gasteiger partial charge in [-0.25, -0.2) is 0 Å². The molecule has 0 aliphatic carbocycles. The van der Waals surface area contributed by atoms with Crippen molar-refractivity contribution < 1.29 is 24.5 Å². The number of phenols is 1. The lowest BCUT2D eigenvalue weighted by atomic mass is 10.0. The zero-order chi connectivity index (χ0) is 15.1. The van der Waals surface area contributed by atoms with Crippen molar-refractivity contribution in [3.63, 3.8) is 0 Å². The average molecular weight is 281 g/mol. The number of hydrogen-bond donors (Lipinski definition) is 3. The van der Waals surface area contributed by atoms with E-state index >= 15 is 0 Å². The molecule has 0 bridgehead atoms. The zero-order valence-corrected chi connectivity index (χ0v) is 11.5. The highest BCUT2D eigenvalue weighted by Crippen LogP contribution is 2.23. The van der Waals surface area contributed by atoms with E-state index in [0.717, 1.165) is 6.42 Å². The number of nitrogens with one attached hydrogen (secondary N) is 1. The number of aromatic hydroxyl groups is 1. The number of carbonyl (C=O) groups is 2. The number of benzene rings is 1. The van der Waals surface area contributed by atoms with Gasteiger partial charge in [0.25, 0.3) is 5.91 Å². The van der Waals surface area contributed by atoms with Crippen LogP contribution in [0.2, 0.25) is 0 Å². The predicted molar refractivity (Wildman–Crippen MR) is 73.0 cm³/mol. The molecule has 0 spiro atoms. The monoisotopic (exact) mass is 281 g/mol. The number of carboxylic acid groups (broad SMARTS) is 1. The van der Waals surface area contributed by atoms with Crippen LogP contribution in [0.4, 0.5) is 0 Å². The highest BCUT2D eigenvalue weighted by atomic mass is 16.5. The number of rotatable bonds is 7. The van der Waals surface area contributed by atoms with Gasteiger partial charge in [0.05, 0.1) is 18.6 Å². The van der Waals surface area contributed by atoms with E-state index in [9.17, 15) is 14.7 Å². The number of amides is 1. The molecule has 20 heavy (non-hydrogen) atoms. The van der Waals surface area contributed by atoms with E-state index in [1.807, 2.05) is 6.92 Å². The Morgan fingerprint density at radius 1 is 1.40 bits per heavy atom. The Balaban J connectivity index is 2.69. The summed E-state index contributed by atoms with van der Waals surface area (Å²) in [5.74, 6) is -1.83. The van der Waals surface area contributed by atoms with Crippen LogP contribution in [0, 0.1) is 5.92 Å². The molecule has 1 amide bonds. The molecule has 0 aliphatic rings. The van der Waals surface area contributed by atoms with Crippen LogP contribution in [0.3, 0.4) is 0 Å². The van der Waals surface area contributed by atoms with E-state index in [1.165, 1.54) is 19.2 Å². The zero-order valence-electron chi connectivity index (χ0n) is 11.5. The predicted octanol–water partition coefficient (Wildman–Crippen LogP) is 1.63. The van der Waals surface area contributed by atoms with Gasteiger partial charge in [0, 0.05) is 12.6 Å². The average Bonchev–Trinajstić information content (AvgIpc) is 2.42. The van der Waals surface area contributed by atoms with Crippen LogP contribution in [0.15, 0.2) is 18.2 Å². The third kappa shape index (κ3) is 4.15. The Bertz CT molecular complexity index is 486. The largest absolute Gasteiger partial charge is 0.507 e. The second-order valence-corrected chi connectivity index (χ2v) is 4.42. The van der Waals surface area contributed by atoms with Crippen LogP contribution >= 0.6 is 0 Å². The summed E-state index contributed by atoms with van der Waals surface area (Å²) in [7, 11) is 1.46. The van der Waals surface area contributed by atoms with Crippen molar-refractivity contribution in [2.24, 2.45) is 5.92 Å². The van der Waals surface area contributed by atoms with Gasteiger partial charge >= 0.3 is 5.97 Å². The molecule has 6 nitrogen and oxygen atoms in total.